The Balaban J connectivity index is 2.43. The summed E-state index contributed by atoms with van der Waals surface area (Å²) in [5.74, 6) is 0.366. The Morgan fingerprint density at radius 2 is 1.48 bits per heavy atom. The third kappa shape index (κ3) is 2.53. The number of hydrogen-bond donors (Lipinski definition) is 1. The van der Waals surface area contributed by atoms with Crippen LogP contribution in [0.3, 0.4) is 0 Å². The van der Waals surface area contributed by atoms with Gasteiger partial charge in [0.15, 0.2) is 0 Å². The zero-order chi connectivity index (χ0) is 16.6. The van der Waals surface area contributed by atoms with Crippen molar-refractivity contribution in [2.45, 2.75) is 27.7 Å². The SMILES string of the molecule is C/C=C\c1c(C)ccc(C)c1-c1cc(C)c2ccccc2c1O. The lowest BCUT2D eigenvalue weighted by molar-refractivity contribution is 0.483. The number of phenols is 1. The third-order valence-electron chi connectivity index (χ3n) is 4.50. The molecule has 0 bridgehead atoms. The molecule has 0 saturated carbocycles. The summed E-state index contributed by atoms with van der Waals surface area (Å²) < 4.78 is 0. The molecular weight excluding hydrogens is 280 g/mol. The molecular formula is C22H22O. The molecule has 0 aliphatic heterocycles. The van der Waals surface area contributed by atoms with E-state index < -0.39 is 0 Å². The minimum absolute atomic E-state index is 0.366. The van der Waals surface area contributed by atoms with Crippen LogP contribution < -0.4 is 0 Å². The molecule has 0 aromatic heterocycles. The van der Waals surface area contributed by atoms with Gasteiger partial charge in [0, 0.05) is 10.9 Å². The first kappa shape index (κ1) is 15.4. The van der Waals surface area contributed by atoms with Gasteiger partial charge in [0.25, 0.3) is 0 Å². The van der Waals surface area contributed by atoms with E-state index in [-0.39, 0.29) is 0 Å². The van der Waals surface area contributed by atoms with Gasteiger partial charge in [-0.25, -0.2) is 0 Å². The maximum atomic E-state index is 10.9. The molecule has 116 valence electrons. The molecule has 0 radical (unpaired) electrons. The summed E-state index contributed by atoms with van der Waals surface area (Å²) in [5, 5.41) is 12.9. The van der Waals surface area contributed by atoms with E-state index in [2.05, 4.69) is 57.2 Å². The molecule has 1 heteroatoms. The van der Waals surface area contributed by atoms with Crippen LogP contribution in [0.15, 0.2) is 48.5 Å². The minimum Gasteiger partial charge on any atom is -0.507 e. The van der Waals surface area contributed by atoms with Crippen LogP contribution in [-0.4, -0.2) is 5.11 Å². The molecule has 0 aliphatic rings. The van der Waals surface area contributed by atoms with Gasteiger partial charge in [0.1, 0.15) is 5.75 Å². The van der Waals surface area contributed by atoms with Crippen molar-refractivity contribution in [2.24, 2.45) is 0 Å². The molecule has 0 aliphatic carbocycles. The van der Waals surface area contributed by atoms with Gasteiger partial charge in [-0.2, -0.15) is 0 Å². The molecule has 0 fully saturated rings. The molecule has 0 heterocycles. The van der Waals surface area contributed by atoms with Gasteiger partial charge >= 0.3 is 0 Å². The van der Waals surface area contributed by atoms with Gasteiger partial charge in [-0.3, -0.25) is 0 Å². The van der Waals surface area contributed by atoms with E-state index >= 15 is 0 Å². The van der Waals surface area contributed by atoms with Crippen molar-refractivity contribution in [1.29, 1.82) is 0 Å². The highest BCUT2D eigenvalue weighted by molar-refractivity contribution is 5.98. The molecule has 23 heavy (non-hydrogen) atoms. The lowest BCUT2D eigenvalue weighted by Crippen LogP contribution is -1.94. The first-order chi connectivity index (χ1) is 11.0. The molecule has 3 aromatic rings. The number of phenolic OH excluding ortho intramolecular Hbond substituents is 1. The summed E-state index contributed by atoms with van der Waals surface area (Å²) in [6, 6.07) is 14.4. The van der Waals surface area contributed by atoms with Crippen molar-refractivity contribution >= 4 is 16.8 Å². The van der Waals surface area contributed by atoms with Crippen LogP contribution >= 0.6 is 0 Å². The van der Waals surface area contributed by atoms with Gasteiger partial charge in [0.2, 0.25) is 0 Å². The molecule has 3 aromatic carbocycles. The summed E-state index contributed by atoms with van der Waals surface area (Å²) in [6.07, 6.45) is 4.18. The first-order valence-electron chi connectivity index (χ1n) is 7.99. The second-order valence-electron chi connectivity index (χ2n) is 6.12. The minimum atomic E-state index is 0.366. The van der Waals surface area contributed by atoms with Crippen LogP contribution in [0.4, 0.5) is 0 Å². The predicted octanol–water partition coefficient (Wildman–Crippen LogP) is 6.17. The van der Waals surface area contributed by atoms with Crippen molar-refractivity contribution in [3.63, 3.8) is 0 Å². The quantitative estimate of drug-likeness (QED) is 0.600. The maximum absolute atomic E-state index is 10.9. The fourth-order valence-corrected chi connectivity index (χ4v) is 3.30. The molecule has 1 nitrogen and oxygen atoms in total. The number of fused-ring (bicyclic) bond motifs is 1. The Kier molecular flexibility index (Phi) is 3.96. The highest BCUT2D eigenvalue weighted by Crippen LogP contribution is 2.41. The number of allylic oxidation sites excluding steroid dienone is 1. The van der Waals surface area contributed by atoms with Crippen LogP contribution in [0.5, 0.6) is 5.75 Å². The Morgan fingerprint density at radius 1 is 0.826 bits per heavy atom. The van der Waals surface area contributed by atoms with E-state index in [1.807, 2.05) is 25.1 Å². The fourth-order valence-electron chi connectivity index (χ4n) is 3.30. The van der Waals surface area contributed by atoms with Crippen LogP contribution in [0, 0.1) is 20.8 Å². The van der Waals surface area contributed by atoms with Gasteiger partial charge < -0.3 is 5.11 Å². The molecule has 3 rings (SSSR count). The van der Waals surface area contributed by atoms with E-state index in [0.29, 0.717) is 5.75 Å². The first-order valence-corrected chi connectivity index (χ1v) is 7.99. The van der Waals surface area contributed by atoms with E-state index in [9.17, 15) is 5.11 Å². The number of rotatable bonds is 2. The zero-order valence-electron chi connectivity index (χ0n) is 14.1. The van der Waals surface area contributed by atoms with Crippen molar-refractivity contribution in [3.05, 3.63) is 70.8 Å². The number of aromatic hydroxyl groups is 1. The third-order valence-corrected chi connectivity index (χ3v) is 4.50. The molecule has 0 unspecified atom stereocenters. The summed E-state index contributed by atoms with van der Waals surface area (Å²) in [5.41, 5.74) is 6.78. The second kappa shape index (κ2) is 5.92. The van der Waals surface area contributed by atoms with E-state index in [1.54, 1.807) is 0 Å². The number of aryl methyl sites for hydroxylation is 3. The summed E-state index contributed by atoms with van der Waals surface area (Å²) >= 11 is 0. The van der Waals surface area contributed by atoms with Crippen molar-refractivity contribution < 1.29 is 5.11 Å². The lowest BCUT2D eigenvalue weighted by atomic mass is 9.88. The second-order valence-corrected chi connectivity index (χ2v) is 6.12. The lowest BCUT2D eigenvalue weighted by Gasteiger charge is -2.17. The standard InChI is InChI=1S/C22H22O/c1-5-8-18-14(2)11-12-15(3)21(18)20-13-16(4)17-9-6-7-10-19(17)22(20)23/h5-13,23H,1-4H3/b8-5-. The smallest absolute Gasteiger partial charge is 0.131 e. The fraction of sp³-hybridized carbons (Fsp3) is 0.182. The molecule has 0 saturated heterocycles. The Hall–Kier alpha value is -2.54. The van der Waals surface area contributed by atoms with Gasteiger partial charge in [-0.15, -0.1) is 0 Å². The Morgan fingerprint density at radius 3 is 2.17 bits per heavy atom. The predicted molar refractivity (Wildman–Crippen MR) is 100.0 cm³/mol. The normalized spacial score (nSPS) is 11.5. The Bertz CT molecular complexity index is 917. The van der Waals surface area contributed by atoms with Crippen LogP contribution in [0.1, 0.15) is 29.2 Å². The van der Waals surface area contributed by atoms with Gasteiger partial charge in [-0.1, -0.05) is 48.6 Å². The highest BCUT2D eigenvalue weighted by atomic mass is 16.3. The number of benzene rings is 3. The van der Waals surface area contributed by atoms with Crippen molar-refractivity contribution in [2.75, 3.05) is 0 Å². The average molecular weight is 302 g/mol. The van der Waals surface area contributed by atoms with Crippen LogP contribution in [-0.2, 0) is 0 Å². The summed E-state index contributed by atoms with van der Waals surface area (Å²) in [4.78, 5) is 0. The van der Waals surface area contributed by atoms with Gasteiger partial charge in [0.05, 0.1) is 0 Å². The monoisotopic (exact) mass is 302 g/mol. The Labute approximate surface area is 137 Å². The van der Waals surface area contributed by atoms with Crippen LogP contribution in [0.2, 0.25) is 0 Å². The average Bonchev–Trinajstić information content (AvgIpc) is 2.55. The van der Waals surface area contributed by atoms with E-state index in [1.165, 1.54) is 22.3 Å². The van der Waals surface area contributed by atoms with Gasteiger partial charge in [-0.05, 0) is 67.0 Å². The molecule has 1 N–H and O–H groups in total. The van der Waals surface area contributed by atoms with Crippen molar-refractivity contribution in [1.82, 2.24) is 0 Å². The van der Waals surface area contributed by atoms with Crippen LogP contribution in [0.25, 0.3) is 28.0 Å². The largest absolute Gasteiger partial charge is 0.507 e. The van der Waals surface area contributed by atoms with Crippen molar-refractivity contribution in [3.8, 4) is 16.9 Å². The maximum Gasteiger partial charge on any atom is 0.131 e. The van der Waals surface area contributed by atoms with E-state index in [4.69, 9.17) is 0 Å². The summed E-state index contributed by atoms with van der Waals surface area (Å²) in [6.45, 7) is 8.34. The zero-order valence-corrected chi connectivity index (χ0v) is 14.1. The van der Waals surface area contributed by atoms with E-state index in [0.717, 1.165) is 21.9 Å². The number of hydrogen-bond acceptors (Lipinski definition) is 1. The highest BCUT2D eigenvalue weighted by Gasteiger charge is 2.16. The topological polar surface area (TPSA) is 20.2 Å². The summed E-state index contributed by atoms with van der Waals surface area (Å²) in [7, 11) is 0. The molecule has 0 spiro atoms. The molecule has 0 atom stereocenters. The molecule has 0 amide bonds.